The Morgan fingerprint density at radius 2 is 1.71 bits per heavy atom. The number of nitrogens with zero attached hydrogens (tertiary/aromatic N) is 2. The van der Waals surface area contributed by atoms with Crippen molar-refractivity contribution in [3.8, 4) is 0 Å². The molecule has 3 aromatic carbocycles. The van der Waals surface area contributed by atoms with Crippen LogP contribution in [0.5, 0.6) is 0 Å². The van der Waals surface area contributed by atoms with Gasteiger partial charge in [0.25, 0.3) is 0 Å². The lowest BCUT2D eigenvalue weighted by Gasteiger charge is -2.31. The van der Waals surface area contributed by atoms with Gasteiger partial charge in [0, 0.05) is 38.6 Å². The van der Waals surface area contributed by atoms with Gasteiger partial charge < -0.3 is 19.9 Å². The number of hydrogen-bond donors (Lipinski definition) is 1. The summed E-state index contributed by atoms with van der Waals surface area (Å²) in [6.45, 7) is 1.67. The molecule has 3 aromatic rings. The smallest absolute Gasteiger partial charge is 0.407 e. The predicted octanol–water partition coefficient (Wildman–Crippen LogP) is 4.78. The lowest BCUT2D eigenvalue weighted by molar-refractivity contribution is 0.139. The van der Waals surface area contributed by atoms with Crippen LogP contribution in [0.4, 0.5) is 16.2 Å². The number of carbonyl (C=O) groups is 1. The van der Waals surface area contributed by atoms with Crippen LogP contribution in [0.15, 0.2) is 78.9 Å². The summed E-state index contributed by atoms with van der Waals surface area (Å²) >= 11 is 0. The van der Waals surface area contributed by atoms with Gasteiger partial charge >= 0.3 is 6.09 Å². The van der Waals surface area contributed by atoms with Crippen LogP contribution < -0.4 is 15.1 Å². The van der Waals surface area contributed by atoms with Crippen LogP contribution >= 0.6 is 0 Å². The van der Waals surface area contributed by atoms with Gasteiger partial charge in [0.1, 0.15) is 6.61 Å². The van der Waals surface area contributed by atoms with Gasteiger partial charge in [-0.05, 0) is 41.3 Å². The molecule has 1 aliphatic heterocycles. The van der Waals surface area contributed by atoms with Crippen molar-refractivity contribution in [1.29, 1.82) is 0 Å². The Morgan fingerprint density at radius 3 is 2.45 bits per heavy atom. The van der Waals surface area contributed by atoms with Gasteiger partial charge in [0.15, 0.2) is 0 Å². The van der Waals surface area contributed by atoms with E-state index < -0.39 is 6.09 Å². The molecule has 160 valence electrons. The minimum Gasteiger partial charge on any atom is -0.445 e. The normalized spacial score (nSPS) is 13.4. The molecule has 0 bridgehead atoms. The van der Waals surface area contributed by atoms with Crippen LogP contribution in [0.25, 0.3) is 0 Å². The minimum atomic E-state index is -0.397. The van der Waals surface area contributed by atoms with Gasteiger partial charge in [-0.3, -0.25) is 0 Å². The zero-order chi connectivity index (χ0) is 21.6. The molecule has 0 aromatic heterocycles. The summed E-state index contributed by atoms with van der Waals surface area (Å²) in [7, 11) is 4.07. The van der Waals surface area contributed by atoms with Gasteiger partial charge in [-0.25, -0.2) is 4.79 Å². The van der Waals surface area contributed by atoms with Gasteiger partial charge in [-0.2, -0.15) is 0 Å². The number of hydrogen-bond acceptors (Lipinski definition) is 4. The zero-order valence-electron chi connectivity index (χ0n) is 18.1. The molecule has 31 heavy (non-hydrogen) atoms. The third-order valence-electron chi connectivity index (χ3n) is 5.75. The molecule has 0 unspecified atom stereocenters. The van der Waals surface area contributed by atoms with E-state index in [-0.39, 0.29) is 12.6 Å². The number of ether oxygens (including phenoxy) is 1. The van der Waals surface area contributed by atoms with Crippen molar-refractivity contribution < 1.29 is 9.53 Å². The highest BCUT2D eigenvalue weighted by molar-refractivity contribution is 5.68. The molecule has 1 atom stereocenters. The monoisotopic (exact) mass is 415 g/mol. The van der Waals surface area contributed by atoms with Crippen LogP contribution in [-0.2, 0) is 17.8 Å². The Labute approximate surface area is 184 Å². The molecular formula is C26H29N3O2. The van der Waals surface area contributed by atoms with Crippen LogP contribution in [0.1, 0.15) is 22.7 Å². The fourth-order valence-corrected chi connectivity index (χ4v) is 4.04. The summed E-state index contributed by atoms with van der Waals surface area (Å²) in [5, 5.41) is 2.98. The third kappa shape index (κ3) is 5.00. The highest BCUT2D eigenvalue weighted by Gasteiger charge is 2.27. The van der Waals surface area contributed by atoms with E-state index in [1.165, 1.54) is 16.8 Å². The largest absolute Gasteiger partial charge is 0.445 e. The van der Waals surface area contributed by atoms with E-state index in [0.717, 1.165) is 24.2 Å². The first-order chi connectivity index (χ1) is 15.1. The molecule has 0 spiro atoms. The van der Waals surface area contributed by atoms with Gasteiger partial charge in [-0.15, -0.1) is 0 Å². The van der Waals surface area contributed by atoms with Crippen LogP contribution in [0.3, 0.4) is 0 Å². The molecule has 1 amide bonds. The Morgan fingerprint density at radius 1 is 1.00 bits per heavy atom. The molecule has 0 radical (unpaired) electrons. The second-order valence-corrected chi connectivity index (χ2v) is 8.02. The summed E-state index contributed by atoms with van der Waals surface area (Å²) in [5.41, 5.74) is 5.89. The summed E-state index contributed by atoms with van der Waals surface area (Å²) in [4.78, 5) is 16.9. The molecule has 0 aliphatic carbocycles. The fourth-order valence-electron chi connectivity index (χ4n) is 4.04. The van der Waals surface area contributed by atoms with Crippen molar-refractivity contribution in [2.45, 2.75) is 19.1 Å². The molecule has 5 heteroatoms. The minimum absolute atomic E-state index is 0.0316. The summed E-state index contributed by atoms with van der Waals surface area (Å²) in [6.07, 6.45) is 0.618. The number of fused-ring (bicyclic) bond motifs is 1. The highest BCUT2D eigenvalue weighted by Crippen LogP contribution is 2.35. The standard InChI is InChI=1S/C26H29N3O2/c1-28(2)23-14-12-22(13-15-23)25(29-17-16-21-10-6-7-11-24(21)29)18-27-26(30)31-19-20-8-4-3-5-9-20/h3-15,25H,16-19H2,1-2H3,(H,27,30)/t25-/m0/s1. The summed E-state index contributed by atoms with van der Waals surface area (Å²) < 4.78 is 5.42. The topological polar surface area (TPSA) is 44.8 Å². The summed E-state index contributed by atoms with van der Waals surface area (Å²) in [6, 6.07) is 26.8. The van der Waals surface area contributed by atoms with E-state index in [1.54, 1.807) is 0 Å². The maximum Gasteiger partial charge on any atom is 0.407 e. The Hall–Kier alpha value is -3.47. The van der Waals surface area contributed by atoms with Crippen molar-refractivity contribution in [2.75, 3.05) is 37.0 Å². The van der Waals surface area contributed by atoms with Crippen LogP contribution in [-0.4, -0.2) is 33.3 Å². The maximum absolute atomic E-state index is 12.4. The average molecular weight is 416 g/mol. The first kappa shape index (κ1) is 20.8. The fraction of sp³-hybridized carbons (Fsp3) is 0.269. The molecule has 1 aliphatic rings. The number of rotatable bonds is 7. The number of benzene rings is 3. The van der Waals surface area contributed by atoms with Gasteiger partial charge in [0.05, 0.1) is 6.04 Å². The number of anilines is 2. The van der Waals surface area contributed by atoms with Crippen LogP contribution in [0, 0.1) is 0 Å². The Balaban J connectivity index is 1.48. The second-order valence-electron chi connectivity index (χ2n) is 8.02. The van der Waals surface area contributed by atoms with Crippen molar-refractivity contribution in [2.24, 2.45) is 0 Å². The average Bonchev–Trinajstić information content (AvgIpc) is 3.23. The first-order valence-corrected chi connectivity index (χ1v) is 10.7. The maximum atomic E-state index is 12.4. The van der Waals surface area contributed by atoms with Crippen molar-refractivity contribution in [3.63, 3.8) is 0 Å². The van der Waals surface area contributed by atoms with Crippen LogP contribution in [0.2, 0.25) is 0 Å². The van der Waals surface area contributed by atoms with E-state index in [1.807, 2.05) is 44.4 Å². The highest BCUT2D eigenvalue weighted by atomic mass is 16.5. The summed E-state index contributed by atoms with van der Waals surface area (Å²) in [5.74, 6) is 0. The number of nitrogens with one attached hydrogen (secondary N) is 1. The quantitative estimate of drug-likeness (QED) is 0.603. The molecule has 5 nitrogen and oxygen atoms in total. The molecule has 0 fully saturated rings. The molecular weight excluding hydrogens is 386 g/mol. The lowest BCUT2D eigenvalue weighted by Crippen LogP contribution is -2.37. The number of para-hydroxylation sites is 1. The van der Waals surface area contributed by atoms with Crippen molar-refractivity contribution in [1.82, 2.24) is 5.32 Å². The third-order valence-corrected chi connectivity index (χ3v) is 5.75. The Kier molecular flexibility index (Phi) is 6.41. The zero-order valence-corrected chi connectivity index (χ0v) is 18.1. The molecule has 0 saturated heterocycles. The number of amides is 1. The van der Waals surface area contributed by atoms with E-state index in [0.29, 0.717) is 6.54 Å². The molecule has 4 rings (SSSR count). The van der Waals surface area contributed by atoms with E-state index in [2.05, 4.69) is 63.6 Å². The van der Waals surface area contributed by atoms with E-state index in [4.69, 9.17) is 4.74 Å². The lowest BCUT2D eigenvalue weighted by atomic mass is 10.0. The van der Waals surface area contributed by atoms with E-state index in [9.17, 15) is 4.79 Å². The van der Waals surface area contributed by atoms with Gasteiger partial charge in [-0.1, -0.05) is 60.7 Å². The SMILES string of the molecule is CN(C)c1ccc([C@H](CNC(=O)OCc2ccccc2)N2CCc3ccccc32)cc1. The molecule has 1 heterocycles. The van der Waals surface area contributed by atoms with Crippen molar-refractivity contribution >= 4 is 17.5 Å². The number of alkyl carbamates (subject to hydrolysis) is 1. The second kappa shape index (κ2) is 9.56. The first-order valence-electron chi connectivity index (χ1n) is 10.7. The van der Waals surface area contributed by atoms with E-state index >= 15 is 0 Å². The molecule has 0 saturated carbocycles. The van der Waals surface area contributed by atoms with Crippen molar-refractivity contribution in [3.05, 3.63) is 95.6 Å². The predicted molar refractivity (Wildman–Crippen MR) is 126 cm³/mol. The van der Waals surface area contributed by atoms with Gasteiger partial charge in [0.2, 0.25) is 0 Å². The number of carbonyl (C=O) groups excluding carboxylic acids is 1. The molecule has 1 N–H and O–H groups in total. The Bertz CT molecular complexity index is 1000.